The molecular weight excluding hydrogens is 262 g/mol. The molecule has 1 unspecified atom stereocenters. The summed E-state index contributed by atoms with van der Waals surface area (Å²) in [4.78, 5) is 14.4. The van der Waals surface area contributed by atoms with Gasteiger partial charge in [-0.15, -0.1) is 0 Å². The number of amides is 1. The Morgan fingerprint density at radius 2 is 2.00 bits per heavy atom. The SMILES string of the molecule is NC(=O)C1(NC2CCCC2)CCN(Cc2ccccc2)C1. The molecule has 0 radical (unpaired) electrons. The van der Waals surface area contributed by atoms with Crippen molar-refractivity contribution in [3.05, 3.63) is 35.9 Å². The number of benzene rings is 1. The van der Waals surface area contributed by atoms with E-state index in [1.54, 1.807) is 0 Å². The van der Waals surface area contributed by atoms with Crippen molar-refractivity contribution in [2.75, 3.05) is 13.1 Å². The molecule has 1 aliphatic heterocycles. The predicted molar refractivity (Wildman–Crippen MR) is 83.7 cm³/mol. The summed E-state index contributed by atoms with van der Waals surface area (Å²) < 4.78 is 0. The van der Waals surface area contributed by atoms with Gasteiger partial charge in [-0.05, 0) is 24.8 Å². The van der Waals surface area contributed by atoms with Gasteiger partial charge in [0.05, 0.1) is 0 Å². The summed E-state index contributed by atoms with van der Waals surface area (Å²) in [6.07, 6.45) is 5.70. The monoisotopic (exact) mass is 287 g/mol. The average molecular weight is 287 g/mol. The molecule has 0 bridgehead atoms. The Hall–Kier alpha value is -1.39. The number of likely N-dealkylation sites (tertiary alicyclic amines) is 1. The molecular formula is C17H25N3O. The Kier molecular flexibility index (Phi) is 4.27. The molecule has 1 saturated carbocycles. The van der Waals surface area contributed by atoms with E-state index in [1.165, 1.54) is 31.2 Å². The summed E-state index contributed by atoms with van der Waals surface area (Å²) in [5, 5.41) is 3.59. The smallest absolute Gasteiger partial charge is 0.239 e. The largest absolute Gasteiger partial charge is 0.368 e. The molecule has 21 heavy (non-hydrogen) atoms. The van der Waals surface area contributed by atoms with Gasteiger partial charge >= 0.3 is 0 Å². The summed E-state index contributed by atoms with van der Waals surface area (Å²) in [5.41, 5.74) is 6.50. The minimum atomic E-state index is -0.524. The van der Waals surface area contributed by atoms with Crippen molar-refractivity contribution < 1.29 is 4.79 Å². The van der Waals surface area contributed by atoms with Gasteiger partial charge in [-0.2, -0.15) is 0 Å². The first-order valence-electron chi connectivity index (χ1n) is 8.02. The Balaban J connectivity index is 1.65. The summed E-state index contributed by atoms with van der Waals surface area (Å²) in [7, 11) is 0. The van der Waals surface area contributed by atoms with Gasteiger partial charge in [-0.25, -0.2) is 0 Å². The number of hydrogen-bond donors (Lipinski definition) is 2. The number of nitrogens with two attached hydrogens (primary N) is 1. The molecule has 1 aromatic rings. The van der Waals surface area contributed by atoms with Gasteiger partial charge in [0, 0.05) is 25.7 Å². The lowest BCUT2D eigenvalue weighted by molar-refractivity contribution is -0.124. The highest BCUT2D eigenvalue weighted by atomic mass is 16.1. The molecule has 0 spiro atoms. The van der Waals surface area contributed by atoms with E-state index in [9.17, 15) is 4.79 Å². The van der Waals surface area contributed by atoms with Gasteiger partial charge in [0.2, 0.25) is 5.91 Å². The minimum Gasteiger partial charge on any atom is -0.368 e. The van der Waals surface area contributed by atoms with Crippen LogP contribution in [-0.2, 0) is 11.3 Å². The normalized spacial score (nSPS) is 27.2. The van der Waals surface area contributed by atoms with Gasteiger partial charge in [0.1, 0.15) is 5.54 Å². The zero-order valence-corrected chi connectivity index (χ0v) is 12.6. The molecule has 0 aromatic heterocycles. The number of nitrogens with zero attached hydrogens (tertiary/aromatic N) is 1. The van der Waals surface area contributed by atoms with Crippen LogP contribution in [0.1, 0.15) is 37.7 Å². The third-order valence-electron chi connectivity index (χ3n) is 4.90. The second-order valence-corrected chi connectivity index (χ2v) is 6.52. The van der Waals surface area contributed by atoms with E-state index >= 15 is 0 Å². The van der Waals surface area contributed by atoms with Crippen LogP contribution in [0.5, 0.6) is 0 Å². The maximum atomic E-state index is 12.0. The van der Waals surface area contributed by atoms with E-state index in [0.29, 0.717) is 6.04 Å². The second kappa shape index (κ2) is 6.16. The molecule has 4 nitrogen and oxygen atoms in total. The Morgan fingerprint density at radius 1 is 1.29 bits per heavy atom. The van der Waals surface area contributed by atoms with Crippen molar-refractivity contribution in [1.29, 1.82) is 0 Å². The van der Waals surface area contributed by atoms with Crippen LogP contribution in [0.15, 0.2) is 30.3 Å². The third kappa shape index (κ3) is 3.27. The van der Waals surface area contributed by atoms with E-state index < -0.39 is 5.54 Å². The molecule has 1 atom stereocenters. The van der Waals surface area contributed by atoms with Gasteiger partial charge < -0.3 is 5.73 Å². The highest BCUT2D eigenvalue weighted by Gasteiger charge is 2.44. The van der Waals surface area contributed by atoms with Gasteiger partial charge in [-0.3, -0.25) is 15.0 Å². The molecule has 1 aromatic carbocycles. The van der Waals surface area contributed by atoms with Gasteiger partial charge in [0.25, 0.3) is 0 Å². The topological polar surface area (TPSA) is 58.4 Å². The number of hydrogen-bond acceptors (Lipinski definition) is 3. The predicted octanol–water partition coefficient (Wildman–Crippen LogP) is 1.65. The Morgan fingerprint density at radius 3 is 2.67 bits per heavy atom. The zero-order valence-electron chi connectivity index (χ0n) is 12.6. The number of nitrogens with one attached hydrogen (secondary N) is 1. The highest BCUT2D eigenvalue weighted by molar-refractivity contribution is 5.85. The third-order valence-corrected chi connectivity index (χ3v) is 4.90. The quantitative estimate of drug-likeness (QED) is 0.866. The summed E-state index contributed by atoms with van der Waals surface area (Å²) >= 11 is 0. The lowest BCUT2D eigenvalue weighted by Gasteiger charge is -2.31. The first kappa shape index (κ1) is 14.5. The van der Waals surface area contributed by atoms with E-state index in [0.717, 1.165) is 26.1 Å². The van der Waals surface area contributed by atoms with E-state index in [2.05, 4.69) is 34.5 Å². The van der Waals surface area contributed by atoms with E-state index in [1.807, 2.05) is 6.07 Å². The van der Waals surface area contributed by atoms with Crippen molar-refractivity contribution in [2.45, 2.75) is 50.2 Å². The first-order valence-corrected chi connectivity index (χ1v) is 8.02. The van der Waals surface area contributed by atoms with Crippen LogP contribution in [0.4, 0.5) is 0 Å². The molecule has 3 N–H and O–H groups in total. The molecule has 2 fully saturated rings. The van der Waals surface area contributed by atoms with E-state index in [-0.39, 0.29) is 5.91 Å². The second-order valence-electron chi connectivity index (χ2n) is 6.52. The molecule has 2 aliphatic rings. The van der Waals surface area contributed by atoms with Crippen molar-refractivity contribution >= 4 is 5.91 Å². The molecule has 1 amide bonds. The van der Waals surface area contributed by atoms with E-state index in [4.69, 9.17) is 5.73 Å². The van der Waals surface area contributed by atoms with Crippen LogP contribution < -0.4 is 11.1 Å². The summed E-state index contributed by atoms with van der Waals surface area (Å²) in [6, 6.07) is 10.9. The van der Waals surface area contributed by atoms with Crippen molar-refractivity contribution in [3.8, 4) is 0 Å². The van der Waals surface area contributed by atoms with Crippen LogP contribution in [0, 0.1) is 0 Å². The number of carbonyl (C=O) groups is 1. The van der Waals surface area contributed by atoms with Crippen molar-refractivity contribution in [2.24, 2.45) is 5.73 Å². The molecule has 4 heteroatoms. The molecule has 114 valence electrons. The molecule has 1 heterocycles. The zero-order chi connectivity index (χ0) is 14.7. The van der Waals surface area contributed by atoms with Crippen LogP contribution in [0.25, 0.3) is 0 Å². The standard InChI is InChI=1S/C17H25N3O/c18-16(21)17(19-15-8-4-5-9-15)10-11-20(13-17)12-14-6-2-1-3-7-14/h1-3,6-7,15,19H,4-5,8-13H2,(H2,18,21). The number of rotatable bonds is 5. The lowest BCUT2D eigenvalue weighted by Crippen LogP contribution is -2.59. The molecule has 1 aliphatic carbocycles. The highest BCUT2D eigenvalue weighted by Crippen LogP contribution is 2.27. The lowest BCUT2D eigenvalue weighted by atomic mass is 9.96. The first-order chi connectivity index (χ1) is 10.2. The van der Waals surface area contributed by atoms with Crippen LogP contribution >= 0.6 is 0 Å². The maximum Gasteiger partial charge on any atom is 0.239 e. The number of carbonyl (C=O) groups excluding carboxylic acids is 1. The maximum absolute atomic E-state index is 12.0. The van der Waals surface area contributed by atoms with Crippen molar-refractivity contribution in [1.82, 2.24) is 10.2 Å². The molecule has 1 saturated heterocycles. The van der Waals surface area contributed by atoms with Crippen LogP contribution in [0.2, 0.25) is 0 Å². The Labute approximate surface area is 126 Å². The Bertz CT molecular complexity index is 484. The average Bonchev–Trinajstić information content (AvgIpc) is 3.11. The fourth-order valence-electron chi connectivity index (χ4n) is 3.72. The van der Waals surface area contributed by atoms with Crippen LogP contribution in [-0.4, -0.2) is 35.5 Å². The van der Waals surface area contributed by atoms with Crippen molar-refractivity contribution in [3.63, 3.8) is 0 Å². The van der Waals surface area contributed by atoms with Crippen LogP contribution in [0.3, 0.4) is 0 Å². The minimum absolute atomic E-state index is 0.190. The number of primary amides is 1. The summed E-state index contributed by atoms with van der Waals surface area (Å²) in [5.74, 6) is -0.190. The molecule has 3 rings (SSSR count). The fraction of sp³-hybridized carbons (Fsp3) is 0.588. The van der Waals surface area contributed by atoms with Gasteiger partial charge in [0.15, 0.2) is 0 Å². The summed E-state index contributed by atoms with van der Waals surface area (Å²) in [6.45, 7) is 2.55. The fourth-order valence-corrected chi connectivity index (χ4v) is 3.72. The van der Waals surface area contributed by atoms with Gasteiger partial charge in [-0.1, -0.05) is 43.2 Å².